The first-order valence-corrected chi connectivity index (χ1v) is 8.84. The molecule has 1 aliphatic heterocycles. The lowest BCUT2D eigenvalue weighted by Crippen LogP contribution is -2.35. The molecule has 0 saturated carbocycles. The quantitative estimate of drug-likeness (QED) is 0.854. The van der Waals surface area contributed by atoms with Gasteiger partial charge in [-0.05, 0) is 12.5 Å². The zero-order valence-electron chi connectivity index (χ0n) is 13.1. The molecule has 0 bridgehead atoms. The topological polar surface area (TPSA) is 73.9 Å². The van der Waals surface area contributed by atoms with E-state index in [4.69, 9.17) is 13.8 Å². The number of nitrogens with one attached hydrogen (secondary N) is 1. The molecule has 0 radical (unpaired) electrons. The summed E-state index contributed by atoms with van der Waals surface area (Å²) in [6.45, 7) is 6.47. The van der Waals surface area contributed by atoms with Gasteiger partial charge in [0.2, 0.25) is 0 Å². The van der Waals surface area contributed by atoms with Crippen LogP contribution in [0.1, 0.15) is 32.1 Å². The average Bonchev–Trinajstić information content (AvgIpc) is 2.49. The first kappa shape index (κ1) is 17.0. The Kier molecular flexibility index (Phi) is 5.27. The van der Waals surface area contributed by atoms with Gasteiger partial charge in [-0.2, -0.15) is 0 Å². The second kappa shape index (κ2) is 6.82. The third kappa shape index (κ3) is 4.09. The average molecular weight is 327 g/mol. The monoisotopic (exact) mass is 327 g/mol. The SMILES string of the molecule is CCOC(=O)NC(c1ccccc1)P1(=O)OCC(C)(C)CO1. The summed E-state index contributed by atoms with van der Waals surface area (Å²) in [4.78, 5) is 11.8. The molecule has 0 aromatic heterocycles. The maximum absolute atomic E-state index is 13.0. The van der Waals surface area contributed by atoms with Crippen molar-refractivity contribution in [2.24, 2.45) is 5.41 Å². The van der Waals surface area contributed by atoms with E-state index in [0.29, 0.717) is 18.8 Å². The Labute approximate surface area is 130 Å². The predicted molar refractivity (Wildman–Crippen MR) is 82.6 cm³/mol. The zero-order chi connectivity index (χ0) is 16.2. The summed E-state index contributed by atoms with van der Waals surface area (Å²) in [7, 11) is -3.51. The minimum atomic E-state index is -3.51. The molecule has 122 valence electrons. The number of carbonyl (C=O) groups excluding carboxylic acids is 1. The summed E-state index contributed by atoms with van der Waals surface area (Å²) in [5.41, 5.74) is 0.442. The van der Waals surface area contributed by atoms with Gasteiger partial charge < -0.3 is 19.1 Å². The highest BCUT2D eigenvalue weighted by molar-refractivity contribution is 7.54. The second-order valence-corrected chi connectivity index (χ2v) is 8.04. The summed E-state index contributed by atoms with van der Waals surface area (Å²) >= 11 is 0. The third-order valence-electron chi connectivity index (χ3n) is 3.23. The zero-order valence-corrected chi connectivity index (χ0v) is 14.0. The molecule has 1 amide bonds. The molecule has 7 heteroatoms. The minimum absolute atomic E-state index is 0.209. The molecule has 2 rings (SSSR count). The molecule has 0 spiro atoms. The van der Waals surface area contributed by atoms with Crippen molar-refractivity contribution in [3.8, 4) is 0 Å². The van der Waals surface area contributed by atoms with E-state index in [1.165, 1.54) is 0 Å². The highest BCUT2D eigenvalue weighted by atomic mass is 31.2. The smallest absolute Gasteiger partial charge is 0.408 e. The van der Waals surface area contributed by atoms with Crippen molar-refractivity contribution in [2.45, 2.75) is 26.6 Å². The van der Waals surface area contributed by atoms with Crippen molar-refractivity contribution >= 4 is 13.7 Å². The van der Waals surface area contributed by atoms with E-state index in [9.17, 15) is 9.36 Å². The Morgan fingerprint density at radius 2 is 1.91 bits per heavy atom. The number of rotatable bonds is 4. The molecule has 1 aliphatic rings. The maximum atomic E-state index is 13.0. The molecule has 22 heavy (non-hydrogen) atoms. The molecule has 1 atom stereocenters. The van der Waals surface area contributed by atoms with Gasteiger partial charge in [0.15, 0.2) is 5.78 Å². The van der Waals surface area contributed by atoms with Gasteiger partial charge in [0.05, 0.1) is 19.8 Å². The van der Waals surface area contributed by atoms with Gasteiger partial charge in [-0.15, -0.1) is 0 Å². The lowest BCUT2D eigenvalue weighted by molar-refractivity contribution is 0.0361. The molecule has 1 heterocycles. The van der Waals surface area contributed by atoms with Gasteiger partial charge in [-0.3, -0.25) is 4.57 Å². The lowest BCUT2D eigenvalue weighted by Gasteiger charge is -2.37. The number of hydrogen-bond donors (Lipinski definition) is 1. The van der Waals surface area contributed by atoms with Crippen LogP contribution >= 0.6 is 7.60 Å². The maximum Gasteiger partial charge on any atom is 0.408 e. The highest BCUT2D eigenvalue weighted by Gasteiger charge is 2.44. The molecule has 1 fully saturated rings. The fraction of sp³-hybridized carbons (Fsp3) is 0.533. The van der Waals surface area contributed by atoms with E-state index in [1.807, 2.05) is 19.9 Å². The highest BCUT2D eigenvalue weighted by Crippen LogP contribution is 2.62. The lowest BCUT2D eigenvalue weighted by atomic mass is 9.97. The van der Waals surface area contributed by atoms with Gasteiger partial charge in [-0.25, -0.2) is 4.79 Å². The minimum Gasteiger partial charge on any atom is -0.450 e. The number of benzene rings is 1. The molecule has 1 saturated heterocycles. The van der Waals surface area contributed by atoms with E-state index < -0.39 is 19.5 Å². The van der Waals surface area contributed by atoms with Crippen molar-refractivity contribution in [1.29, 1.82) is 0 Å². The summed E-state index contributed by atoms with van der Waals surface area (Å²) in [6, 6.07) is 8.98. The Hall–Kier alpha value is -1.36. The van der Waals surface area contributed by atoms with Crippen molar-refractivity contribution in [2.75, 3.05) is 19.8 Å². The third-order valence-corrected chi connectivity index (χ3v) is 5.27. The van der Waals surface area contributed by atoms with E-state index >= 15 is 0 Å². The van der Waals surface area contributed by atoms with Crippen LogP contribution in [0.15, 0.2) is 30.3 Å². The summed E-state index contributed by atoms with van der Waals surface area (Å²) in [6.07, 6.45) is -0.649. The molecule has 6 nitrogen and oxygen atoms in total. The number of carbonyl (C=O) groups is 1. The first-order chi connectivity index (χ1) is 10.4. The normalized spacial score (nSPS) is 20.9. The predicted octanol–water partition coefficient (Wildman–Crippen LogP) is 3.70. The first-order valence-electron chi connectivity index (χ1n) is 7.23. The van der Waals surface area contributed by atoms with Crippen LogP contribution in [0.25, 0.3) is 0 Å². The van der Waals surface area contributed by atoms with E-state index in [-0.39, 0.29) is 12.0 Å². The molecule has 1 aromatic rings. The Balaban J connectivity index is 2.24. The van der Waals surface area contributed by atoms with Gasteiger partial charge >= 0.3 is 13.7 Å². The summed E-state index contributed by atoms with van der Waals surface area (Å²) in [5.74, 6) is -0.885. The largest absolute Gasteiger partial charge is 0.450 e. The van der Waals surface area contributed by atoms with Crippen molar-refractivity contribution in [3.05, 3.63) is 35.9 Å². The number of alkyl carbamates (subject to hydrolysis) is 1. The van der Waals surface area contributed by atoms with Crippen LogP contribution in [-0.2, 0) is 18.3 Å². The molecule has 1 N–H and O–H groups in total. The van der Waals surface area contributed by atoms with Crippen LogP contribution in [0.5, 0.6) is 0 Å². The summed E-state index contributed by atoms with van der Waals surface area (Å²) < 4.78 is 29.0. The molecular formula is C15H22NO5P. The van der Waals surface area contributed by atoms with E-state index in [2.05, 4.69) is 5.32 Å². The van der Waals surface area contributed by atoms with Crippen LogP contribution in [-0.4, -0.2) is 25.9 Å². The van der Waals surface area contributed by atoms with Gasteiger partial charge in [0.25, 0.3) is 0 Å². The van der Waals surface area contributed by atoms with Gasteiger partial charge in [-0.1, -0.05) is 44.2 Å². The van der Waals surface area contributed by atoms with Crippen molar-refractivity contribution < 1.29 is 23.1 Å². The van der Waals surface area contributed by atoms with Crippen LogP contribution < -0.4 is 5.32 Å². The Bertz CT molecular complexity index is 546. The standard InChI is InChI=1S/C15H22NO5P/c1-4-19-14(17)16-13(12-8-6-5-7-9-12)22(18)20-10-15(2,3)11-21-22/h5-9,13H,4,10-11H2,1-3H3,(H,16,17). The van der Waals surface area contributed by atoms with Crippen LogP contribution in [0.2, 0.25) is 0 Å². The fourth-order valence-corrected chi connectivity index (χ4v) is 4.25. The van der Waals surface area contributed by atoms with E-state index in [0.717, 1.165) is 0 Å². The van der Waals surface area contributed by atoms with Crippen LogP contribution in [0.4, 0.5) is 4.79 Å². The molecule has 1 aromatic carbocycles. The Morgan fingerprint density at radius 3 is 2.45 bits per heavy atom. The van der Waals surface area contributed by atoms with Crippen molar-refractivity contribution in [1.82, 2.24) is 5.32 Å². The number of hydrogen-bond acceptors (Lipinski definition) is 5. The Morgan fingerprint density at radius 1 is 1.32 bits per heavy atom. The summed E-state index contributed by atoms with van der Waals surface area (Å²) in [5, 5.41) is 2.60. The molecule has 1 unspecified atom stereocenters. The van der Waals surface area contributed by atoms with Crippen LogP contribution in [0, 0.1) is 5.41 Å². The van der Waals surface area contributed by atoms with Crippen LogP contribution in [0.3, 0.4) is 0 Å². The molecule has 0 aliphatic carbocycles. The van der Waals surface area contributed by atoms with Gasteiger partial charge in [0, 0.05) is 5.41 Å². The number of ether oxygens (including phenoxy) is 1. The second-order valence-electron chi connectivity index (χ2n) is 5.93. The van der Waals surface area contributed by atoms with E-state index in [1.54, 1.807) is 31.2 Å². The number of amides is 1. The van der Waals surface area contributed by atoms with Crippen molar-refractivity contribution in [3.63, 3.8) is 0 Å². The fourth-order valence-electron chi connectivity index (χ4n) is 2.02. The van der Waals surface area contributed by atoms with Gasteiger partial charge in [0.1, 0.15) is 0 Å². The molecular weight excluding hydrogens is 305 g/mol.